The maximum atomic E-state index is 13.3. The van der Waals surface area contributed by atoms with Gasteiger partial charge in [-0.1, -0.05) is 6.92 Å². The molecule has 1 saturated carbocycles. The molecule has 3 atom stereocenters. The van der Waals surface area contributed by atoms with Crippen LogP contribution >= 0.6 is 0 Å². The van der Waals surface area contributed by atoms with Gasteiger partial charge in [0.25, 0.3) is 5.91 Å². The van der Waals surface area contributed by atoms with Crippen molar-refractivity contribution >= 4 is 23.3 Å². The lowest BCUT2D eigenvalue weighted by molar-refractivity contribution is -0.117. The average molecular weight is 396 g/mol. The summed E-state index contributed by atoms with van der Waals surface area (Å²) < 4.78 is 13.3. The first-order valence-electron chi connectivity index (χ1n) is 9.94. The molecule has 3 unspecified atom stereocenters. The van der Waals surface area contributed by atoms with Gasteiger partial charge in [0.2, 0.25) is 5.91 Å². The lowest BCUT2D eigenvalue weighted by Gasteiger charge is -2.46. The molecule has 2 N–H and O–H groups in total. The minimum atomic E-state index is -0.395. The van der Waals surface area contributed by atoms with Gasteiger partial charge in [-0.2, -0.15) is 0 Å². The maximum absolute atomic E-state index is 13.3. The third-order valence-corrected chi connectivity index (χ3v) is 5.95. The van der Waals surface area contributed by atoms with Crippen LogP contribution in [0.4, 0.5) is 15.9 Å². The summed E-state index contributed by atoms with van der Waals surface area (Å²) in [7, 11) is 1.59. The molecule has 0 radical (unpaired) electrons. The molecule has 0 saturated heterocycles. The molecule has 2 aliphatic rings. The molecule has 1 aromatic carbocycles. The number of pyridine rings is 1. The van der Waals surface area contributed by atoms with Gasteiger partial charge < -0.3 is 15.5 Å². The third-order valence-electron chi connectivity index (χ3n) is 5.95. The molecule has 152 valence electrons. The van der Waals surface area contributed by atoms with Crippen LogP contribution in [0.25, 0.3) is 0 Å². The van der Waals surface area contributed by atoms with E-state index in [1.54, 1.807) is 26.1 Å². The van der Waals surface area contributed by atoms with Crippen LogP contribution in [0.5, 0.6) is 0 Å². The summed E-state index contributed by atoms with van der Waals surface area (Å²) in [6.45, 7) is 3.71. The number of halogens is 1. The molecule has 1 aliphatic heterocycles. The Morgan fingerprint density at radius 1 is 1.21 bits per heavy atom. The van der Waals surface area contributed by atoms with Gasteiger partial charge in [0.1, 0.15) is 11.6 Å². The second kappa shape index (κ2) is 7.46. The number of hydrogen-bond donors (Lipinski definition) is 2. The van der Waals surface area contributed by atoms with E-state index in [4.69, 9.17) is 0 Å². The number of nitrogens with one attached hydrogen (secondary N) is 2. The van der Waals surface area contributed by atoms with Crippen LogP contribution in [0, 0.1) is 17.7 Å². The Morgan fingerprint density at radius 3 is 2.55 bits per heavy atom. The highest BCUT2D eigenvalue weighted by molar-refractivity contribution is 5.98. The summed E-state index contributed by atoms with van der Waals surface area (Å²) in [5, 5.41) is 6.07. The number of hydrogen-bond acceptors (Lipinski definition) is 4. The molecule has 2 aromatic rings. The Labute approximate surface area is 169 Å². The summed E-state index contributed by atoms with van der Waals surface area (Å²) in [5.41, 5.74) is 2.22. The van der Waals surface area contributed by atoms with E-state index < -0.39 is 5.82 Å². The van der Waals surface area contributed by atoms with Gasteiger partial charge in [-0.25, -0.2) is 9.37 Å². The van der Waals surface area contributed by atoms with Crippen molar-refractivity contribution < 1.29 is 14.0 Å². The van der Waals surface area contributed by atoms with E-state index in [2.05, 4.69) is 22.5 Å². The first kappa shape index (κ1) is 19.4. The molecule has 0 spiro atoms. The number of anilines is 2. The maximum Gasteiger partial charge on any atom is 0.251 e. The predicted octanol–water partition coefficient (Wildman–Crippen LogP) is 3.51. The van der Waals surface area contributed by atoms with Crippen LogP contribution in [0.2, 0.25) is 0 Å². The van der Waals surface area contributed by atoms with Crippen LogP contribution in [0.15, 0.2) is 36.5 Å². The van der Waals surface area contributed by atoms with E-state index in [0.29, 0.717) is 17.3 Å². The van der Waals surface area contributed by atoms with Crippen molar-refractivity contribution in [1.29, 1.82) is 0 Å². The Hall–Kier alpha value is -2.96. The zero-order chi connectivity index (χ0) is 20.7. The van der Waals surface area contributed by atoms with E-state index in [-0.39, 0.29) is 29.8 Å². The number of fused-ring (bicyclic) bond motifs is 1. The molecule has 2 heterocycles. The van der Waals surface area contributed by atoms with Crippen LogP contribution in [0.1, 0.15) is 48.7 Å². The van der Waals surface area contributed by atoms with Gasteiger partial charge in [-0.15, -0.1) is 0 Å². The van der Waals surface area contributed by atoms with Crippen LogP contribution in [-0.2, 0) is 4.79 Å². The van der Waals surface area contributed by atoms with Gasteiger partial charge in [0.15, 0.2) is 0 Å². The van der Waals surface area contributed by atoms with E-state index in [1.807, 2.05) is 17.0 Å². The molecule has 1 aromatic heterocycles. The molecule has 6 nitrogen and oxygen atoms in total. The number of carbonyl (C=O) groups is 2. The highest BCUT2D eigenvalue weighted by Crippen LogP contribution is 2.50. The summed E-state index contributed by atoms with van der Waals surface area (Å²) in [5.74, 6) is 0.536. The normalized spacial score (nSPS) is 23.3. The molecule has 1 aliphatic carbocycles. The summed E-state index contributed by atoms with van der Waals surface area (Å²) in [6.07, 6.45) is 3.38. The molecule has 29 heavy (non-hydrogen) atoms. The van der Waals surface area contributed by atoms with E-state index in [1.165, 1.54) is 12.3 Å². The number of carbonyl (C=O) groups excluding carboxylic acids is 2. The van der Waals surface area contributed by atoms with Crippen LogP contribution in [-0.4, -0.2) is 29.9 Å². The van der Waals surface area contributed by atoms with Gasteiger partial charge in [0, 0.05) is 37.2 Å². The number of aromatic nitrogens is 1. The topological polar surface area (TPSA) is 74.3 Å². The quantitative estimate of drug-likeness (QED) is 0.829. The van der Waals surface area contributed by atoms with Crippen molar-refractivity contribution in [1.82, 2.24) is 10.3 Å². The molecular formula is C22H25FN4O2. The summed E-state index contributed by atoms with van der Waals surface area (Å²) in [6, 6.07) is 8.33. The number of rotatable bonds is 4. The standard InChI is InChI=1S/C22H25FN4O2/c1-12-20(26-19-9-7-16(23)11-25-19)17-10-15(22(29)24-3)6-8-18(17)27(13(2)28)21(12)14-4-5-14/h6-12,14,20-21H,4-5H2,1-3H3,(H,24,29)(H,25,26). The first-order valence-corrected chi connectivity index (χ1v) is 9.94. The smallest absolute Gasteiger partial charge is 0.251 e. The Morgan fingerprint density at radius 2 is 1.97 bits per heavy atom. The largest absolute Gasteiger partial charge is 0.363 e. The molecule has 0 bridgehead atoms. The van der Waals surface area contributed by atoms with Crippen molar-refractivity contribution in [3.8, 4) is 0 Å². The van der Waals surface area contributed by atoms with Crippen molar-refractivity contribution in [2.45, 2.75) is 38.8 Å². The van der Waals surface area contributed by atoms with E-state index >= 15 is 0 Å². The number of amides is 2. The number of nitrogens with zero attached hydrogens (tertiary/aromatic N) is 2. The third kappa shape index (κ3) is 3.57. The Bertz CT molecular complexity index is 942. The summed E-state index contributed by atoms with van der Waals surface area (Å²) in [4.78, 5) is 30.9. The Balaban J connectivity index is 1.82. The fraction of sp³-hybridized carbons (Fsp3) is 0.409. The van der Waals surface area contributed by atoms with E-state index in [9.17, 15) is 14.0 Å². The zero-order valence-electron chi connectivity index (χ0n) is 16.8. The van der Waals surface area contributed by atoms with Crippen LogP contribution in [0.3, 0.4) is 0 Å². The van der Waals surface area contributed by atoms with E-state index in [0.717, 1.165) is 24.1 Å². The summed E-state index contributed by atoms with van der Waals surface area (Å²) >= 11 is 0. The van der Waals surface area contributed by atoms with Crippen molar-refractivity contribution in [3.05, 3.63) is 53.5 Å². The molecule has 1 fully saturated rings. The monoisotopic (exact) mass is 396 g/mol. The minimum absolute atomic E-state index is 0.000972. The first-order chi connectivity index (χ1) is 13.9. The highest BCUT2D eigenvalue weighted by Gasteiger charge is 2.47. The molecule has 2 amide bonds. The molecular weight excluding hydrogens is 371 g/mol. The zero-order valence-corrected chi connectivity index (χ0v) is 16.8. The molecule has 7 heteroatoms. The predicted molar refractivity (Wildman–Crippen MR) is 109 cm³/mol. The van der Waals surface area contributed by atoms with Gasteiger partial charge in [0.05, 0.1) is 12.2 Å². The van der Waals surface area contributed by atoms with Gasteiger partial charge in [-0.3, -0.25) is 9.59 Å². The second-order valence-electron chi connectivity index (χ2n) is 7.91. The van der Waals surface area contributed by atoms with Crippen molar-refractivity contribution in [3.63, 3.8) is 0 Å². The lowest BCUT2D eigenvalue weighted by atomic mass is 9.79. The fourth-order valence-electron chi connectivity index (χ4n) is 4.47. The van der Waals surface area contributed by atoms with Gasteiger partial charge in [-0.05, 0) is 54.7 Å². The SMILES string of the molecule is CNC(=O)c1ccc2c(c1)C(Nc1ccc(F)cn1)C(C)C(C1CC1)N2C(C)=O. The fourth-order valence-corrected chi connectivity index (χ4v) is 4.47. The minimum Gasteiger partial charge on any atom is -0.363 e. The van der Waals surface area contributed by atoms with Crippen molar-refractivity contribution in [2.75, 3.05) is 17.3 Å². The van der Waals surface area contributed by atoms with Crippen molar-refractivity contribution in [2.24, 2.45) is 11.8 Å². The Kier molecular flexibility index (Phi) is 4.98. The van der Waals surface area contributed by atoms with Crippen LogP contribution < -0.4 is 15.5 Å². The average Bonchev–Trinajstić information content (AvgIpc) is 3.54. The second-order valence-corrected chi connectivity index (χ2v) is 7.91. The van der Waals surface area contributed by atoms with Gasteiger partial charge >= 0.3 is 0 Å². The number of benzene rings is 1. The lowest BCUT2D eigenvalue weighted by Crippen LogP contribution is -2.51. The molecule has 4 rings (SSSR count). The highest BCUT2D eigenvalue weighted by atomic mass is 19.1.